The summed E-state index contributed by atoms with van der Waals surface area (Å²) in [6.07, 6.45) is 0. The molecule has 1 aromatic rings. The fourth-order valence-corrected chi connectivity index (χ4v) is 3.43. The first kappa shape index (κ1) is 13.4. The van der Waals surface area contributed by atoms with Crippen molar-refractivity contribution in [1.29, 1.82) is 0 Å². The van der Waals surface area contributed by atoms with Crippen LogP contribution in [-0.2, 0) is 16.6 Å². The predicted octanol–water partition coefficient (Wildman–Crippen LogP) is 2.21. The lowest BCUT2D eigenvalue weighted by atomic mass is 10.0. The fraction of sp³-hybridized carbons (Fsp3) is 0.538. The molecule has 0 saturated heterocycles. The fourth-order valence-electron chi connectivity index (χ4n) is 1.95. The largest absolute Gasteiger partial charge is 0.327 e. The highest BCUT2D eigenvalue weighted by Gasteiger charge is 2.09. The van der Waals surface area contributed by atoms with Gasteiger partial charge >= 0.3 is 0 Å². The van der Waals surface area contributed by atoms with Gasteiger partial charge in [0.2, 0.25) is 0 Å². The Morgan fingerprint density at radius 1 is 1.25 bits per heavy atom. The molecule has 2 unspecified atom stereocenters. The van der Waals surface area contributed by atoms with Gasteiger partial charge in [-0.1, -0.05) is 17.7 Å². The Hall–Kier alpha value is -0.670. The number of nitrogens with two attached hydrogens (primary N) is 1. The Morgan fingerprint density at radius 2 is 1.75 bits per heavy atom. The quantitative estimate of drug-likeness (QED) is 0.875. The second-order valence-corrected chi connectivity index (χ2v) is 6.11. The lowest BCUT2D eigenvalue weighted by Crippen LogP contribution is -2.23. The predicted molar refractivity (Wildman–Crippen MR) is 71.0 cm³/mol. The zero-order valence-corrected chi connectivity index (χ0v) is 11.4. The molecule has 16 heavy (non-hydrogen) atoms. The highest BCUT2D eigenvalue weighted by Crippen LogP contribution is 2.18. The second kappa shape index (κ2) is 5.60. The summed E-state index contributed by atoms with van der Waals surface area (Å²) in [5.41, 5.74) is 10.6. The smallest absolute Gasteiger partial charge is 0.0491 e. The molecule has 0 aliphatic rings. The number of aryl methyl sites for hydroxylation is 3. The van der Waals surface area contributed by atoms with Gasteiger partial charge in [-0.15, -0.1) is 0 Å². The molecule has 1 aromatic carbocycles. The molecule has 0 fully saturated rings. The number of hydrogen-bond donors (Lipinski definition) is 1. The molecule has 3 heteroatoms. The van der Waals surface area contributed by atoms with Crippen LogP contribution in [0.25, 0.3) is 0 Å². The van der Waals surface area contributed by atoms with Gasteiger partial charge in [0.25, 0.3) is 0 Å². The third-order valence-electron chi connectivity index (χ3n) is 2.59. The van der Waals surface area contributed by atoms with Crippen LogP contribution in [0.1, 0.15) is 29.2 Å². The minimum absolute atomic E-state index is 0.00638. The van der Waals surface area contributed by atoms with E-state index in [2.05, 4.69) is 32.9 Å². The monoisotopic (exact) mass is 239 g/mol. The normalized spacial score (nSPS) is 14.8. The Morgan fingerprint density at radius 3 is 2.19 bits per heavy atom. The van der Waals surface area contributed by atoms with Gasteiger partial charge in [0.05, 0.1) is 0 Å². The molecule has 0 aromatic heterocycles. The van der Waals surface area contributed by atoms with E-state index in [1.807, 2.05) is 6.92 Å². The molecule has 0 heterocycles. The van der Waals surface area contributed by atoms with Gasteiger partial charge in [0.1, 0.15) is 0 Å². The lowest BCUT2D eigenvalue weighted by Gasteiger charge is -2.12. The number of hydrogen-bond acceptors (Lipinski definition) is 2. The van der Waals surface area contributed by atoms with E-state index in [1.54, 1.807) is 0 Å². The van der Waals surface area contributed by atoms with Crippen molar-refractivity contribution in [2.45, 2.75) is 39.5 Å². The van der Waals surface area contributed by atoms with E-state index in [1.165, 1.54) is 22.3 Å². The van der Waals surface area contributed by atoms with Crippen molar-refractivity contribution in [2.24, 2.45) is 5.73 Å². The van der Waals surface area contributed by atoms with Crippen LogP contribution in [0, 0.1) is 20.8 Å². The first-order valence-corrected chi connectivity index (χ1v) is 7.06. The zero-order valence-electron chi connectivity index (χ0n) is 10.5. The van der Waals surface area contributed by atoms with Gasteiger partial charge in [0, 0.05) is 28.3 Å². The third-order valence-corrected chi connectivity index (χ3v) is 4.10. The van der Waals surface area contributed by atoms with E-state index in [0.29, 0.717) is 11.5 Å². The van der Waals surface area contributed by atoms with Crippen LogP contribution in [0.5, 0.6) is 0 Å². The maximum Gasteiger partial charge on any atom is 0.0491 e. The number of benzene rings is 1. The van der Waals surface area contributed by atoms with E-state index in [-0.39, 0.29) is 6.04 Å². The van der Waals surface area contributed by atoms with Gasteiger partial charge in [0.15, 0.2) is 0 Å². The Kier molecular flexibility index (Phi) is 4.69. The van der Waals surface area contributed by atoms with Crippen LogP contribution in [0.15, 0.2) is 12.1 Å². The summed E-state index contributed by atoms with van der Waals surface area (Å²) in [4.78, 5) is 0. The van der Waals surface area contributed by atoms with Crippen molar-refractivity contribution in [3.63, 3.8) is 0 Å². The lowest BCUT2D eigenvalue weighted by molar-refractivity contribution is 0.676. The van der Waals surface area contributed by atoms with Gasteiger partial charge < -0.3 is 5.73 Å². The van der Waals surface area contributed by atoms with Crippen molar-refractivity contribution in [2.75, 3.05) is 5.75 Å². The molecule has 0 bridgehead atoms. The second-order valence-electron chi connectivity index (χ2n) is 4.61. The highest BCUT2D eigenvalue weighted by atomic mass is 32.2. The van der Waals surface area contributed by atoms with E-state index in [4.69, 9.17) is 5.73 Å². The summed E-state index contributed by atoms with van der Waals surface area (Å²) >= 11 is 0. The Bertz CT molecular complexity index is 376. The van der Waals surface area contributed by atoms with Crippen LogP contribution < -0.4 is 5.73 Å². The minimum Gasteiger partial charge on any atom is -0.327 e. The van der Waals surface area contributed by atoms with Crippen molar-refractivity contribution in [3.05, 3.63) is 34.4 Å². The molecule has 0 spiro atoms. The molecule has 2 nitrogen and oxygen atoms in total. The van der Waals surface area contributed by atoms with Crippen LogP contribution in [-0.4, -0.2) is 16.0 Å². The van der Waals surface area contributed by atoms with E-state index >= 15 is 0 Å². The van der Waals surface area contributed by atoms with E-state index in [0.717, 1.165) is 0 Å². The molecule has 0 saturated carbocycles. The standard InChI is InChI=1S/C13H21NOS/c1-9-5-10(2)13(11(3)6-9)8-16(15)7-12(4)14/h5-6,12H,7-8,14H2,1-4H3. The zero-order chi connectivity index (χ0) is 12.3. The SMILES string of the molecule is Cc1cc(C)c(CS(=O)CC(C)N)c(C)c1. The molecule has 0 aliphatic carbocycles. The molecule has 2 atom stereocenters. The first-order valence-electron chi connectivity index (χ1n) is 5.57. The average molecular weight is 239 g/mol. The molecule has 1 rings (SSSR count). The average Bonchev–Trinajstić information content (AvgIpc) is 2.09. The van der Waals surface area contributed by atoms with Crippen LogP contribution in [0.2, 0.25) is 0 Å². The first-order chi connectivity index (χ1) is 7.40. The minimum atomic E-state index is -0.853. The summed E-state index contributed by atoms with van der Waals surface area (Å²) in [6, 6.07) is 4.29. The molecular weight excluding hydrogens is 218 g/mol. The molecule has 0 amide bonds. The summed E-state index contributed by atoms with van der Waals surface area (Å²) in [5.74, 6) is 1.20. The third kappa shape index (κ3) is 3.72. The maximum atomic E-state index is 11.8. The van der Waals surface area contributed by atoms with Gasteiger partial charge in [-0.3, -0.25) is 4.21 Å². The molecule has 0 aliphatic heterocycles. The van der Waals surface area contributed by atoms with Crippen LogP contribution in [0.4, 0.5) is 0 Å². The van der Waals surface area contributed by atoms with Crippen molar-refractivity contribution < 1.29 is 4.21 Å². The van der Waals surface area contributed by atoms with Crippen molar-refractivity contribution in [3.8, 4) is 0 Å². The van der Waals surface area contributed by atoms with Gasteiger partial charge in [-0.25, -0.2) is 0 Å². The van der Waals surface area contributed by atoms with Crippen molar-refractivity contribution >= 4 is 10.8 Å². The van der Waals surface area contributed by atoms with Crippen LogP contribution >= 0.6 is 0 Å². The molecule has 0 radical (unpaired) electrons. The van der Waals surface area contributed by atoms with Crippen LogP contribution in [0.3, 0.4) is 0 Å². The summed E-state index contributed by atoms with van der Waals surface area (Å²) in [5, 5.41) is 0. The summed E-state index contributed by atoms with van der Waals surface area (Å²) < 4.78 is 11.8. The van der Waals surface area contributed by atoms with Gasteiger partial charge in [-0.05, 0) is 44.4 Å². The molecular formula is C13H21NOS. The molecule has 2 N–H and O–H groups in total. The summed E-state index contributed by atoms with van der Waals surface area (Å²) in [7, 11) is -0.853. The van der Waals surface area contributed by atoms with Gasteiger partial charge in [-0.2, -0.15) is 0 Å². The topological polar surface area (TPSA) is 43.1 Å². The molecule has 90 valence electrons. The Labute approximate surface area is 101 Å². The number of rotatable bonds is 4. The van der Waals surface area contributed by atoms with Crippen molar-refractivity contribution in [1.82, 2.24) is 0 Å². The highest BCUT2D eigenvalue weighted by molar-refractivity contribution is 7.84. The van der Waals surface area contributed by atoms with E-state index < -0.39 is 10.8 Å². The Balaban J connectivity index is 2.85. The maximum absolute atomic E-state index is 11.8. The summed E-state index contributed by atoms with van der Waals surface area (Å²) in [6.45, 7) is 8.15. The van der Waals surface area contributed by atoms with E-state index in [9.17, 15) is 4.21 Å².